The Kier molecular flexibility index (Phi) is 4.36. The highest BCUT2D eigenvalue weighted by Crippen LogP contribution is 2.20. The third kappa shape index (κ3) is 3.23. The third-order valence-electron chi connectivity index (χ3n) is 4.11. The number of piperidine rings is 1. The summed E-state index contributed by atoms with van der Waals surface area (Å²) in [7, 11) is 1.40. The highest BCUT2D eigenvalue weighted by Gasteiger charge is 2.28. The van der Waals surface area contributed by atoms with E-state index in [9.17, 15) is 9.59 Å². The number of carbonyl (C=O) groups is 2. The summed E-state index contributed by atoms with van der Waals surface area (Å²) in [4.78, 5) is 29.7. The number of hydrogen-bond donors (Lipinski definition) is 0. The largest absolute Gasteiger partial charge is 0.469 e. The maximum atomic E-state index is 12.5. The molecule has 0 N–H and O–H groups in total. The molecule has 0 aliphatic carbocycles. The number of esters is 1. The zero-order valence-corrected chi connectivity index (χ0v) is 12.9. The Labute approximate surface area is 133 Å². The van der Waals surface area contributed by atoms with Crippen LogP contribution in [0.15, 0.2) is 36.9 Å². The monoisotopic (exact) mass is 314 g/mol. The number of benzene rings is 1. The summed E-state index contributed by atoms with van der Waals surface area (Å²) in [6.07, 6.45) is 4.36. The summed E-state index contributed by atoms with van der Waals surface area (Å²) in [5, 5.41) is 4.05. The summed E-state index contributed by atoms with van der Waals surface area (Å²) in [5.41, 5.74) is 1.48. The van der Waals surface area contributed by atoms with Gasteiger partial charge in [-0.2, -0.15) is 5.10 Å². The summed E-state index contributed by atoms with van der Waals surface area (Å²) in [5.74, 6) is -0.300. The predicted octanol–water partition coefficient (Wildman–Crippen LogP) is 1.29. The van der Waals surface area contributed by atoms with E-state index < -0.39 is 0 Å². The van der Waals surface area contributed by atoms with E-state index in [1.54, 1.807) is 28.0 Å². The molecule has 0 radical (unpaired) electrons. The molecule has 7 nitrogen and oxygen atoms in total. The molecule has 0 saturated carbocycles. The van der Waals surface area contributed by atoms with Crippen molar-refractivity contribution in [2.75, 3.05) is 20.2 Å². The minimum Gasteiger partial charge on any atom is -0.469 e. The van der Waals surface area contributed by atoms with Crippen molar-refractivity contribution in [2.24, 2.45) is 5.92 Å². The quantitative estimate of drug-likeness (QED) is 0.798. The molecule has 0 atom stereocenters. The van der Waals surface area contributed by atoms with Crippen LogP contribution in [0.3, 0.4) is 0 Å². The summed E-state index contributed by atoms with van der Waals surface area (Å²) >= 11 is 0. The number of hydrogen-bond acceptors (Lipinski definition) is 5. The topological polar surface area (TPSA) is 77.3 Å². The van der Waals surface area contributed by atoms with E-state index in [0.29, 0.717) is 31.5 Å². The van der Waals surface area contributed by atoms with Crippen molar-refractivity contribution in [3.8, 4) is 5.69 Å². The first kappa shape index (κ1) is 15.2. The maximum absolute atomic E-state index is 12.5. The first-order valence-electron chi connectivity index (χ1n) is 7.51. The van der Waals surface area contributed by atoms with Crippen LogP contribution in [0.2, 0.25) is 0 Å². The van der Waals surface area contributed by atoms with Crippen LogP contribution in [0.1, 0.15) is 23.2 Å². The van der Waals surface area contributed by atoms with Gasteiger partial charge in [-0.15, -0.1) is 0 Å². The van der Waals surface area contributed by atoms with Gasteiger partial charge in [-0.1, -0.05) is 0 Å². The van der Waals surface area contributed by atoms with Crippen molar-refractivity contribution in [2.45, 2.75) is 12.8 Å². The van der Waals surface area contributed by atoms with Gasteiger partial charge in [-0.25, -0.2) is 9.67 Å². The Morgan fingerprint density at radius 2 is 1.87 bits per heavy atom. The van der Waals surface area contributed by atoms with Crippen LogP contribution >= 0.6 is 0 Å². The first-order valence-corrected chi connectivity index (χ1v) is 7.51. The molecule has 1 aliphatic rings. The molecule has 7 heteroatoms. The van der Waals surface area contributed by atoms with Gasteiger partial charge < -0.3 is 9.64 Å². The van der Waals surface area contributed by atoms with Crippen LogP contribution in [-0.4, -0.2) is 51.7 Å². The molecule has 0 spiro atoms. The Morgan fingerprint density at radius 1 is 1.17 bits per heavy atom. The number of nitrogens with zero attached hydrogens (tertiary/aromatic N) is 4. The number of amides is 1. The fraction of sp³-hybridized carbons (Fsp3) is 0.375. The number of rotatable bonds is 3. The number of ether oxygens (including phenoxy) is 1. The lowest BCUT2D eigenvalue weighted by Gasteiger charge is -2.30. The number of likely N-dealkylation sites (tertiary alicyclic amines) is 1. The molecule has 1 amide bonds. The second kappa shape index (κ2) is 6.60. The Balaban J connectivity index is 1.64. The smallest absolute Gasteiger partial charge is 0.308 e. The van der Waals surface area contributed by atoms with E-state index in [-0.39, 0.29) is 17.8 Å². The van der Waals surface area contributed by atoms with Gasteiger partial charge in [-0.3, -0.25) is 9.59 Å². The summed E-state index contributed by atoms with van der Waals surface area (Å²) < 4.78 is 6.40. The van der Waals surface area contributed by atoms with Gasteiger partial charge in [0, 0.05) is 18.7 Å². The van der Waals surface area contributed by atoms with Crippen molar-refractivity contribution in [3.63, 3.8) is 0 Å². The Bertz CT molecular complexity index is 674. The fourth-order valence-electron chi connectivity index (χ4n) is 2.77. The van der Waals surface area contributed by atoms with E-state index in [0.717, 1.165) is 5.69 Å². The van der Waals surface area contributed by atoms with Gasteiger partial charge in [0.05, 0.1) is 18.7 Å². The average Bonchev–Trinajstić information content (AvgIpc) is 3.15. The second-order valence-corrected chi connectivity index (χ2v) is 5.48. The van der Waals surface area contributed by atoms with Crippen molar-refractivity contribution in [1.82, 2.24) is 19.7 Å². The molecule has 23 heavy (non-hydrogen) atoms. The van der Waals surface area contributed by atoms with E-state index in [1.165, 1.54) is 13.4 Å². The number of aromatic nitrogens is 3. The van der Waals surface area contributed by atoms with Crippen LogP contribution < -0.4 is 0 Å². The molecule has 0 unspecified atom stereocenters. The van der Waals surface area contributed by atoms with Crippen molar-refractivity contribution < 1.29 is 14.3 Å². The van der Waals surface area contributed by atoms with E-state index in [4.69, 9.17) is 4.74 Å². The molecular formula is C16H18N4O3. The molecule has 3 rings (SSSR count). The molecule has 1 aromatic carbocycles. The molecule has 1 fully saturated rings. The van der Waals surface area contributed by atoms with Crippen LogP contribution in [0, 0.1) is 5.92 Å². The molecular weight excluding hydrogens is 296 g/mol. The molecule has 1 saturated heterocycles. The maximum Gasteiger partial charge on any atom is 0.308 e. The summed E-state index contributed by atoms with van der Waals surface area (Å²) in [6, 6.07) is 7.24. The second-order valence-electron chi connectivity index (χ2n) is 5.48. The van der Waals surface area contributed by atoms with Crippen LogP contribution in [-0.2, 0) is 9.53 Å². The standard InChI is InChI=1S/C16H18N4O3/c1-23-16(22)13-6-8-19(9-7-13)15(21)12-2-4-14(5-3-12)20-11-17-10-18-20/h2-5,10-11,13H,6-9H2,1H3. The molecule has 2 aromatic rings. The summed E-state index contributed by atoms with van der Waals surface area (Å²) in [6.45, 7) is 1.15. The highest BCUT2D eigenvalue weighted by atomic mass is 16.5. The predicted molar refractivity (Wildman–Crippen MR) is 82.0 cm³/mol. The Hall–Kier alpha value is -2.70. The van der Waals surface area contributed by atoms with Gasteiger partial charge in [-0.05, 0) is 37.1 Å². The van der Waals surface area contributed by atoms with Crippen LogP contribution in [0.25, 0.3) is 5.69 Å². The molecule has 1 aromatic heterocycles. The number of methoxy groups -OCH3 is 1. The van der Waals surface area contributed by atoms with Crippen molar-refractivity contribution in [3.05, 3.63) is 42.5 Å². The normalized spacial score (nSPS) is 15.4. The van der Waals surface area contributed by atoms with E-state index >= 15 is 0 Å². The molecule has 1 aliphatic heterocycles. The van der Waals surface area contributed by atoms with Crippen molar-refractivity contribution >= 4 is 11.9 Å². The lowest BCUT2D eigenvalue weighted by molar-refractivity contribution is -0.146. The molecule has 120 valence electrons. The van der Waals surface area contributed by atoms with Gasteiger partial charge in [0.1, 0.15) is 12.7 Å². The first-order chi connectivity index (χ1) is 11.2. The zero-order valence-electron chi connectivity index (χ0n) is 12.9. The number of carbonyl (C=O) groups excluding carboxylic acids is 2. The Morgan fingerprint density at radius 3 is 2.43 bits per heavy atom. The fourth-order valence-corrected chi connectivity index (χ4v) is 2.77. The highest BCUT2D eigenvalue weighted by molar-refractivity contribution is 5.94. The van der Waals surface area contributed by atoms with Gasteiger partial charge in [0.2, 0.25) is 0 Å². The molecule has 0 bridgehead atoms. The third-order valence-corrected chi connectivity index (χ3v) is 4.11. The SMILES string of the molecule is COC(=O)C1CCN(C(=O)c2ccc(-n3cncn3)cc2)CC1. The zero-order chi connectivity index (χ0) is 16.2. The van der Waals surface area contributed by atoms with Crippen LogP contribution in [0.5, 0.6) is 0 Å². The van der Waals surface area contributed by atoms with E-state index in [1.807, 2.05) is 12.1 Å². The van der Waals surface area contributed by atoms with Crippen LogP contribution in [0.4, 0.5) is 0 Å². The van der Waals surface area contributed by atoms with Gasteiger partial charge in [0.15, 0.2) is 0 Å². The van der Waals surface area contributed by atoms with Gasteiger partial charge in [0.25, 0.3) is 5.91 Å². The lowest BCUT2D eigenvalue weighted by Crippen LogP contribution is -2.40. The van der Waals surface area contributed by atoms with E-state index in [2.05, 4.69) is 10.1 Å². The molecule has 2 heterocycles. The lowest BCUT2D eigenvalue weighted by atomic mass is 9.96. The average molecular weight is 314 g/mol. The minimum absolute atomic E-state index is 0.0153. The van der Waals surface area contributed by atoms with Gasteiger partial charge >= 0.3 is 5.97 Å². The van der Waals surface area contributed by atoms with Crippen molar-refractivity contribution in [1.29, 1.82) is 0 Å². The minimum atomic E-state index is -0.186.